The van der Waals surface area contributed by atoms with Crippen LogP contribution in [0.4, 0.5) is 36.4 Å². The Balaban J connectivity index is 1.83. The van der Waals surface area contributed by atoms with E-state index in [2.05, 4.69) is 4.98 Å². The number of halogens is 7. The molecule has 3 aromatic rings. The van der Waals surface area contributed by atoms with Gasteiger partial charge in [0.05, 0.1) is 40.2 Å². The number of alkyl halides is 6. The number of aliphatic carboxylic acids is 1. The van der Waals surface area contributed by atoms with Crippen LogP contribution in [-0.4, -0.2) is 47.0 Å². The van der Waals surface area contributed by atoms with Crippen molar-refractivity contribution in [2.24, 2.45) is 0 Å². The van der Waals surface area contributed by atoms with Crippen LogP contribution in [-0.2, 0) is 27.4 Å². The molecule has 1 N–H and O–H groups in total. The molecule has 1 saturated heterocycles. The molecule has 1 fully saturated rings. The smallest absolute Gasteiger partial charge is 0.416 e. The molecule has 0 saturated carbocycles. The Labute approximate surface area is 249 Å². The zero-order valence-corrected chi connectivity index (χ0v) is 24.4. The number of nitrogens with zero attached hydrogens (tertiary/aromatic N) is 3. The maximum atomic E-state index is 14.0. The lowest BCUT2D eigenvalue weighted by Gasteiger charge is -2.32. The summed E-state index contributed by atoms with van der Waals surface area (Å²) < 4.78 is 95.5. The molecule has 0 bridgehead atoms. The summed E-state index contributed by atoms with van der Waals surface area (Å²) in [5.41, 5.74) is -3.43. The standard InChI is InChI=1S/C31H30F7N3O3/c1-16-10-20(32)6-7-21(16)22-14-23(24-8-9-25(27(42)43)40(24)4)39-15-26(22)41(5)28(44)29(2,3)17-11-18(30(33,34)35)13-19(12-17)31(36,37)38/h6-7,10-15,24-25H,8-9H2,1-5H3,(H,42,43)/t24-,25-/m0/s1. The van der Waals surface area contributed by atoms with Gasteiger partial charge in [-0.15, -0.1) is 0 Å². The van der Waals surface area contributed by atoms with E-state index in [0.29, 0.717) is 47.4 Å². The van der Waals surface area contributed by atoms with Crippen molar-refractivity contribution in [2.75, 3.05) is 19.0 Å². The first kappa shape index (κ1) is 32.9. The SMILES string of the molecule is Cc1cc(F)ccc1-c1cc([C@@H]2CC[C@@H](C(=O)O)N2C)ncc1N(C)C(=O)C(C)(C)c1cc(C(F)(F)F)cc(C(F)(F)F)c1. The van der Waals surface area contributed by atoms with Crippen molar-refractivity contribution in [2.45, 2.75) is 63.5 Å². The third-order valence-electron chi connectivity index (χ3n) is 8.22. The largest absolute Gasteiger partial charge is 0.480 e. The van der Waals surface area contributed by atoms with Gasteiger partial charge in [0.15, 0.2) is 0 Å². The summed E-state index contributed by atoms with van der Waals surface area (Å²) in [6.07, 6.45) is -8.01. The quantitative estimate of drug-likeness (QED) is 0.289. The minimum atomic E-state index is -5.10. The molecule has 1 amide bonds. The second-order valence-corrected chi connectivity index (χ2v) is 11.5. The van der Waals surface area contributed by atoms with E-state index in [1.54, 1.807) is 24.9 Å². The second kappa shape index (κ2) is 11.5. The lowest BCUT2D eigenvalue weighted by molar-refractivity contribution is -0.144. The number of benzene rings is 2. The van der Waals surface area contributed by atoms with Crippen LogP contribution in [0.3, 0.4) is 0 Å². The number of likely N-dealkylation sites (tertiary alicyclic amines) is 1. The van der Waals surface area contributed by atoms with Crippen molar-refractivity contribution in [3.05, 3.63) is 82.4 Å². The zero-order chi connectivity index (χ0) is 32.9. The van der Waals surface area contributed by atoms with Crippen LogP contribution >= 0.6 is 0 Å². The van der Waals surface area contributed by atoms with Gasteiger partial charge in [-0.3, -0.25) is 19.5 Å². The van der Waals surface area contributed by atoms with Gasteiger partial charge < -0.3 is 10.0 Å². The molecule has 236 valence electrons. The highest BCUT2D eigenvalue weighted by Crippen LogP contribution is 2.42. The number of pyridine rings is 1. The fourth-order valence-electron chi connectivity index (χ4n) is 5.62. The summed E-state index contributed by atoms with van der Waals surface area (Å²) in [5, 5.41) is 9.55. The monoisotopic (exact) mass is 625 g/mol. The van der Waals surface area contributed by atoms with Crippen LogP contribution in [0.15, 0.2) is 48.7 Å². The molecule has 6 nitrogen and oxygen atoms in total. The van der Waals surface area contributed by atoms with Crippen molar-refractivity contribution in [3.8, 4) is 11.1 Å². The number of aryl methyl sites for hydroxylation is 1. The molecule has 0 spiro atoms. The number of carbonyl (C=O) groups is 2. The molecule has 1 aromatic heterocycles. The van der Waals surface area contributed by atoms with Crippen LogP contribution in [0.2, 0.25) is 0 Å². The fraction of sp³-hybridized carbons (Fsp3) is 0.387. The maximum absolute atomic E-state index is 14.0. The number of aromatic nitrogens is 1. The molecule has 0 aliphatic carbocycles. The number of carbonyl (C=O) groups excluding carboxylic acids is 1. The average molecular weight is 626 g/mol. The molecule has 0 unspecified atom stereocenters. The molecule has 44 heavy (non-hydrogen) atoms. The topological polar surface area (TPSA) is 73.7 Å². The maximum Gasteiger partial charge on any atom is 0.416 e. The Bertz CT molecular complexity index is 1570. The van der Waals surface area contributed by atoms with E-state index < -0.39 is 64.2 Å². The first-order valence-electron chi connectivity index (χ1n) is 13.5. The van der Waals surface area contributed by atoms with Crippen molar-refractivity contribution in [1.29, 1.82) is 0 Å². The molecule has 2 atom stereocenters. The van der Waals surface area contributed by atoms with Gasteiger partial charge in [0.1, 0.15) is 11.9 Å². The summed E-state index contributed by atoms with van der Waals surface area (Å²) in [5.74, 6) is -2.33. The number of hydrogen-bond donors (Lipinski definition) is 1. The minimum absolute atomic E-state index is 0.000778. The van der Waals surface area contributed by atoms with Crippen LogP contribution in [0.5, 0.6) is 0 Å². The van der Waals surface area contributed by atoms with E-state index in [1.165, 1.54) is 45.3 Å². The summed E-state index contributed by atoms with van der Waals surface area (Å²) >= 11 is 0. The van der Waals surface area contributed by atoms with Crippen molar-refractivity contribution < 1.29 is 45.4 Å². The van der Waals surface area contributed by atoms with Crippen LogP contribution in [0, 0.1) is 12.7 Å². The van der Waals surface area contributed by atoms with Crippen molar-refractivity contribution in [1.82, 2.24) is 9.88 Å². The number of rotatable bonds is 6. The third-order valence-corrected chi connectivity index (χ3v) is 8.22. The highest BCUT2D eigenvalue weighted by molar-refractivity contribution is 6.03. The second-order valence-electron chi connectivity index (χ2n) is 11.5. The minimum Gasteiger partial charge on any atom is -0.480 e. The Morgan fingerprint density at radius 1 is 0.909 bits per heavy atom. The molecular weight excluding hydrogens is 595 g/mol. The van der Waals surface area contributed by atoms with Gasteiger partial charge in [0.25, 0.3) is 0 Å². The number of likely N-dealkylation sites (N-methyl/N-ethyl adjacent to an activating group) is 2. The molecular formula is C31H30F7N3O3. The van der Waals surface area contributed by atoms with Gasteiger partial charge in [-0.2, -0.15) is 26.3 Å². The molecule has 2 heterocycles. The molecule has 2 aromatic carbocycles. The van der Waals surface area contributed by atoms with Gasteiger partial charge in [-0.05, 0) is 93.7 Å². The van der Waals surface area contributed by atoms with E-state index in [9.17, 15) is 45.4 Å². The van der Waals surface area contributed by atoms with Crippen LogP contribution in [0.25, 0.3) is 11.1 Å². The van der Waals surface area contributed by atoms with Gasteiger partial charge in [0, 0.05) is 12.6 Å². The van der Waals surface area contributed by atoms with Crippen LogP contribution < -0.4 is 4.90 Å². The number of hydrogen-bond acceptors (Lipinski definition) is 4. The first-order chi connectivity index (χ1) is 20.2. The summed E-state index contributed by atoms with van der Waals surface area (Å²) in [4.78, 5) is 32.8. The lowest BCUT2D eigenvalue weighted by Crippen LogP contribution is -2.42. The average Bonchev–Trinajstić information content (AvgIpc) is 3.32. The Morgan fingerprint density at radius 2 is 1.48 bits per heavy atom. The molecule has 4 rings (SSSR count). The molecule has 1 aliphatic heterocycles. The number of amides is 1. The summed E-state index contributed by atoms with van der Waals surface area (Å²) in [6.45, 7) is 4.09. The Hall–Kier alpha value is -4.00. The number of carboxylic acids is 1. The molecule has 1 aliphatic rings. The van der Waals surface area contributed by atoms with E-state index in [1.807, 2.05) is 0 Å². The summed E-state index contributed by atoms with van der Waals surface area (Å²) in [7, 11) is 2.97. The highest BCUT2D eigenvalue weighted by atomic mass is 19.4. The van der Waals surface area contributed by atoms with E-state index in [4.69, 9.17) is 0 Å². The van der Waals surface area contributed by atoms with Gasteiger partial charge in [0.2, 0.25) is 5.91 Å². The lowest BCUT2D eigenvalue weighted by atomic mass is 9.81. The van der Waals surface area contributed by atoms with Crippen molar-refractivity contribution in [3.63, 3.8) is 0 Å². The molecule has 13 heteroatoms. The Morgan fingerprint density at radius 3 is 1.98 bits per heavy atom. The number of anilines is 1. The van der Waals surface area contributed by atoms with Gasteiger partial charge >= 0.3 is 18.3 Å². The zero-order valence-electron chi connectivity index (χ0n) is 24.4. The molecule has 0 radical (unpaired) electrons. The van der Waals surface area contributed by atoms with Gasteiger partial charge in [-0.25, -0.2) is 4.39 Å². The van der Waals surface area contributed by atoms with E-state index in [0.717, 1.165) is 4.90 Å². The van der Waals surface area contributed by atoms with Gasteiger partial charge in [-0.1, -0.05) is 6.07 Å². The predicted molar refractivity (Wildman–Crippen MR) is 148 cm³/mol. The predicted octanol–water partition coefficient (Wildman–Crippen LogP) is 7.39. The third kappa shape index (κ3) is 6.28. The normalized spacial score (nSPS) is 18.0. The number of carboxylic acid groups (broad SMARTS) is 1. The van der Waals surface area contributed by atoms with Crippen LogP contribution in [0.1, 0.15) is 60.7 Å². The fourth-order valence-corrected chi connectivity index (χ4v) is 5.62. The highest BCUT2D eigenvalue weighted by Gasteiger charge is 2.42. The summed E-state index contributed by atoms with van der Waals surface area (Å²) in [6, 6.07) is 5.53. The van der Waals surface area contributed by atoms with E-state index >= 15 is 0 Å². The first-order valence-corrected chi connectivity index (χ1v) is 13.5. The Kier molecular flexibility index (Phi) is 8.59. The van der Waals surface area contributed by atoms with Crippen molar-refractivity contribution >= 4 is 17.6 Å². The van der Waals surface area contributed by atoms with E-state index in [-0.39, 0.29) is 11.8 Å².